The van der Waals surface area contributed by atoms with Crippen LogP contribution < -0.4 is 4.74 Å². The molecule has 0 fully saturated rings. The lowest BCUT2D eigenvalue weighted by Crippen LogP contribution is -2.20. The van der Waals surface area contributed by atoms with Gasteiger partial charge in [-0.05, 0) is 0 Å². The summed E-state index contributed by atoms with van der Waals surface area (Å²) >= 11 is 0. The number of halogens is 7. The van der Waals surface area contributed by atoms with Gasteiger partial charge in [0.15, 0.2) is 17.3 Å². The highest BCUT2D eigenvalue weighted by Crippen LogP contribution is 2.34. The van der Waals surface area contributed by atoms with Crippen molar-refractivity contribution in [3.05, 3.63) is 23.3 Å². The van der Waals surface area contributed by atoms with Crippen LogP contribution in [-0.2, 0) is 6.18 Å². The molecule has 98 valence electrons. The number of ether oxygens (including phenoxy) is 1. The molecule has 1 rings (SSSR count). The average molecular weight is 274 g/mol. The van der Waals surface area contributed by atoms with E-state index in [1.165, 1.54) is 0 Å². The molecule has 1 heterocycles. The molecule has 18 heavy (non-hydrogen) atoms. The van der Waals surface area contributed by atoms with E-state index in [1.54, 1.807) is 0 Å². The Morgan fingerprint density at radius 1 is 1.17 bits per heavy atom. The predicted molar refractivity (Wildman–Crippen MR) is 40.6 cm³/mol. The van der Waals surface area contributed by atoms with E-state index in [0.29, 0.717) is 0 Å². The van der Waals surface area contributed by atoms with Crippen molar-refractivity contribution in [3.8, 4) is 11.8 Å². The number of nitrogens with zero attached hydrogens (tertiary/aromatic N) is 2. The summed E-state index contributed by atoms with van der Waals surface area (Å²) in [5, 5.41) is 8.35. The Labute approximate surface area is 94.4 Å². The van der Waals surface area contributed by atoms with Crippen LogP contribution in [0, 0.1) is 17.1 Å². The highest BCUT2D eigenvalue weighted by atomic mass is 19.4. The van der Waals surface area contributed by atoms with Crippen LogP contribution in [0.25, 0.3) is 0 Å². The summed E-state index contributed by atoms with van der Waals surface area (Å²) in [5.74, 6) is -3.65. The fourth-order valence-corrected chi connectivity index (χ4v) is 0.975. The van der Waals surface area contributed by atoms with Crippen molar-refractivity contribution in [1.82, 2.24) is 4.98 Å². The fraction of sp³-hybridized carbons (Fsp3) is 0.250. The zero-order valence-electron chi connectivity index (χ0n) is 8.03. The molecule has 0 aliphatic rings. The first-order valence-corrected chi connectivity index (χ1v) is 3.98. The van der Waals surface area contributed by atoms with Gasteiger partial charge in [-0.1, -0.05) is 0 Å². The molecule has 3 nitrogen and oxygen atoms in total. The van der Waals surface area contributed by atoms with Crippen LogP contribution in [0.1, 0.15) is 11.3 Å². The largest absolute Gasteiger partial charge is 0.573 e. The maximum Gasteiger partial charge on any atom is 0.573 e. The molecular weight excluding hydrogens is 273 g/mol. The summed E-state index contributed by atoms with van der Waals surface area (Å²) in [7, 11) is 0. The van der Waals surface area contributed by atoms with Gasteiger partial charge in [0.25, 0.3) is 0 Å². The van der Waals surface area contributed by atoms with Crippen molar-refractivity contribution in [2.75, 3.05) is 0 Å². The van der Waals surface area contributed by atoms with Crippen LogP contribution in [0.2, 0.25) is 0 Å². The maximum atomic E-state index is 13.2. The van der Waals surface area contributed by atoms with E-state index in [9.17, 15) is 30.7 Å². The Morgan fingerprint density at radius 3 is 2.11 bits per heavy atom. The van der Waals surface area contributed by atoms with Crippen molar-refractivity contribution >= 4 is 0 Å². The number of rotatable bonds is 1. The van der Waals surface area contributed by atoms with Crippen LogP contribution in [0.15, 0.2) is 6.20 Å². The van der Waals surface area contributed by atoms with Gasteiger partial charge < -0.3 is 4.74 Å². The molecule has 0 aliphatic carbocycles. The summed E-state index contributed by atoms with van der Waals surface area (Å²) in [6.45, 7) is 0. The van der Waals surface area contributed by atoms with Gasteiger partial charge >= 0.3 is 12.5 Å². The van der Waals surface area contributed by atoms with Crippen molar-refractivity contribution in [2.24, 2.45) is 0 Å². The molecule has 0 amide bonds. The normalized spacial score (nSPS) is 12.1. The minimum atomic E-state index is -5.28. The topological polar surface area (TPSA) is 45.9 Å². The molecule has 0 N–H and O–H groups in total. The molecular formula is C8HF7N2O. The van der Waals surface area contributed by atoms with Gasteiger partial charge in [-0.3, -0.25) is 0 Å². The maximum absolute atomic E-state index is 13.2. The Balaban J connectivity index is 3.36. The lowest BCUT2D eigenvalue weighted by molar-refractivity contribution is -0.274. The highest BCUT2D eigenvalue weighted by molar-refractivity contribution is 5.44. The molecule has 0 aliphatic heterocycles. The smallest absolute Gasteiger partial charge is 0.403 e. The van der Waals surface area contributed by atoms with Crippen LogP contribution >= 0.6 is 0 Å². The van der Waals surface area contributed by atoms with Crippen LogP contribution in [0.4, 0.5) is 30.7 Å². The van der Waals surface area contributed by atoms with Gasteiger partial charge in [0.2, 0.25) is 0 Å². The second-order valence-corrected chi connectivity index (χ2v) is 2.82. The van der Waals surface area contributed by atoms with E-state index in [2.05, 4.69) is 9.72 Å². The Kier molecular flexibility index (Phi) is 3.36. The zero-order valence-corrected chi connectivity index (χ0v) is 8.03. The minimum Gasteiger partial charge on any atom is -0.403 e. The second-order valence-electron chi connectivity index (χ2n) is 2.82. The van der Waals surface area contributed by atoms with Gasteiger partial charge in [-0.2, -0.15) is 18.4 Å². The number of alkyl halides is 6. The molecule has 0 radical (unpaired) electrons. The van der Waals surface area contributed by atoms with Gasteiger partial charge in [-0.15, -0.1) is 13.2 Å². The summed E-state index contributed by atoms with van der Waals surface area (Å²) < 4.78 is 88.3. The first-order valence-electron chi connectivity index (χ1n) is 3.98. The molecule has 0 aromatic carbocycles. The average Bonchev–Trinajstić information content (AvgIpc) is 2.13. The SMILES string of the molecule is N#Cc1c(OC(F)(F)F)cnc(C(F)(F)F)c1F. The monoisotopic (exact) mass is 274 g/mol. The van der Waals surface area contributed by atoms with Crippen LogP contribution in [-0.4, -0.2) is 11.3 Å². The third-order valence-electron chi connectivity index (χ3n) is 1.59. The number of hydrogen-bond acceptors (Lipinski definition) is 3. The predicted octanol–water partition coefficient (Wildman–Crippen LogP) is 3.01. The van der Waals surface area contributed by atoms with Gasteiger partial charge in [0, 0.05) is 0 Å². The molecule has 10 heteroatoms. The second kappa shape index (κ2) is 4.32. The zero-order chi connectivity index (χ0) is 14.1. The van der Waals surface area contributed by atoms with Crippen LogP contribution in [0.5, 0.6) is 5.75 Å². The van der Waals surface area contributed by atoms with E-state index in [4.69, 9.17) is 5.26 Å². The van der Waals surface area contributed by atoms with Gasteiger partial charge in [0.1, 0.15) is 11.6 Å². The lowest BCUT2D eigenvalue weighted by Gasteiger charge is -2.12. The van der Waals surface area contributed by atoms with Crippen molar-refractivity contribution in [2.45, 2.75) is 12.5 Å². The molecule has 0 bridgehead atoms. The van der Waals surface area contributed by atoms with Gasteiger partial charge in [-0.25, -0.2) is 9.37 Å². The Bertz CT molecular complexity index is 500. The lowest BCUT2D eigenvalue weighted by atomic mass is 10.2. The number of pyridine rings is 1. The first-order chi connectivity index (χ1) is 8.06. The number of aromatic nitrogens is 1. The Hall–Kier alpha value is -2.05. The van der Waals surface area contributed by atoms with E-state index in [-0.39, 0.29) is 6.20 Å². The summed E-state index contributed by atoms with van der Waals surface area (Å²) in [6.07, 6.45) is -10.5. The molecule has 1 aromatic heterocycles. The Morgan fingerprint density at radius 2 is 1.72 bits per heavy atom. The molecule has 1 aromatic rings. The summed E-state index contributed by atoms with van der Waals surface area (Å²) in [5.41, 5.74) is -3.61. The summed E-state index contributed by atoms with van der Waals surface area (Å²) in [6, 6.07) is 0.859. The molecule has 0 spiro atoms. The number of nitriles is 1. The highest BCUT2D eigenvalue weighted by Gasteiger charge is 2.40. The van der Waals surface area contributed by atoms with Crippen molar-refractivity contribution in [1.29, 1.82) is 5.26 Å². The number of hydrogen-bond donors (Lipinski definition) is 0. The summed E-state index contributed by atoms with van der Waals surface area (Å²) in [4.78, 5) is 2.47. The molecule has 0 atom stereocenters. The standard InChI is InChI=1S/C8HF7N2O/c9-5-3(1-16)4(18-8(13,14)15)2-17-6(5)7(10,11)12/h2H. The van der Waals surface area contributed by atoms with E-state index in [1.807, 2.05) is 0 Å². The third-order valence-corrected chi connectivity index (χ3v) is 1.59. The first kappa shape index (κ1) is 14.0. The van der Waals surface area contributed by atoms with Crippen molar-refractivity contribution < 1.29 is 35.5 Å². The van der Waals surface area contributed by atoms with E-state index >= 15 is 0 Å². The van der Waals surface area contributed by atoms with E-state index < -0.39 is 35.4 Å². The quantitative estimate of drug-likeness (QED) is 0.739. The van der Waals surface area contributed by atoms with Gasteiger partial charge in [0.05, 0.1) is 6.20 Å². The fourth-order valence-electron chi connectivity index (χ4n) is 0.975. The van der Waals surface area contributed by atoms with E-state index in [0.717, 1.165) is 6.07 Å². The minimum absolute atomic E-state index is 0.0159. The molecule has 0 saturated heterocycles. The van der Waals surface area contributed by atoms with Crippen molar-refractivity contribution in [3.63, 3.8) is 0 Å². The third kappa shape index (κ3) is 2.99. The van der Waals surface area contributed by atoms with Crippen LogP contribution in [0.3, 0.4) is 0 Å². The molecule has 0 saturated carbocycles. The molecule has 0 unspecified atom stereocenters.